The molecule has 156 valence electrons. The quantitative estimate of drug-likeness (QED) is 0.739. The summed E-state index contributed by atoms with van der Waals surface area (Å²) in [7, 11) is 3.77. The van der Waals surface area contributed by atoms with Gasteiger partial charge < -0.3 is 19.6 Å². The Morgan fingerprint density at radius 2 is 1.76 bits per heavy atom. The van der Waals surface area contributed by atoms with Gasteiger partial charge in [-0.2, -0.15) is 0 Å². The number of rotatable bonds is 8. The fourth-order valence-corrected chi connectivity index (χ4v) is 3.61. The zero-order chi connectivity index (χ0) is 20.6. The first-order chi connectivity index (χ1) is 14.1. The van der Waals surface area contributed by atoms with Gasteiger partial charge in [0.25, 0.3) is 5.91 Å². The first-order valence-electron chi connectivity index (χ1n) is 10.1. The number of likely N-dealkylation sites (N-methyl/N-ethyl adjacent to an activating group) is 1. The topological polar surface area (TPSA) is 56.3 Å². The first kappa shape index (κ1) is 21.3. The predicted octanol–water partition coefficient (Wildman–Crippen LogP) is 2.08. The summed E-state index contributed by atoms with van der Waals surface area (Å²) in [5.74, 6) is 0.655. The Morgan fingerprint density at radius 1 is 1.07 bits per heavy atom. The van der Waals surface area contributed by atoms with Crippen LogP contribution in [0.25, 0.3) is 0 Å². The highest BCUT2D eigenvalue weighted by Crippen LogP contribution is 2.20. The Kier molecular flexibility index (Phi) is 7.63. The van der Waals surface area contributed by atoms with Crippen LogP contribution in [0.3, 0.4) is 0 Å². The van der Waals surface area contributed by atoms with E-state index in [0.717, 1.165) is 44.0 Å². The molecule has 29 heavy (non-hydrogen) atoms. The van der Waals surface area contributed by atoms with Gasteiger partial charge in [0.2, 0.25) is 0 Å². The molecule has 1 aliphatic heterocycles. The van der Waals surface area contributed by atoms with Crippen molar-refractivity contribution in [3.05, 3.63) is 65.2 Å². The molecule has 0 radical (unpaired) electrons. The van der Waals surface area contributed by atoms with Crippen LogP contribution in [-0.2, 0) is 13.1 Å². The number of hydrogen-bond acceptors (Lipinski definition) is 5. The third kappa shape index (κ3) is 5.79. The molecule has 1 fully saturated rings. The van der Waals surface area contributed by atoms with Crippen LogP contribution in [0, 0.1) is 0 Å². The summed E-state index contributed by atoms with van der Waals surface area (Å²) in [6.07, 6.45) is 0. The van der Waals surface area contributed by atoms with Gasteiger partial charge in [0.15, 0.2) is 0 Å². The summed E-state index contributed by atoms with van der Waals surface area (Å²) in [6.45, 7) is 5.82. The van der Waals surface area contributed by atoms with Gasteiger partial charge in [0, 0.05) is 56.9 Å². The van der Waals surface area contributed by atoms with Crippen molar-refractivity contribution in [1.82, 2.24) is 14.7 Å². The van der Waals surface area contributed by atoms with Crippen molar-refractivity contribution in [2.75, 3.05) is 53.5 Å². The molecule has 0 bridgehead atoms. The largest absolute Gasteiger partial charge is 0.496 e. The molecule has 0 unspecified atom stereocenters. The van der Waals surface area contributed by atoms with Crippen molar-refractivity contribution < 1.29 is 14.6 Å². The third-order valence-corrected chi connectivity index (χ3v) is 5.41. The van der Waals surface area contributed by atoms with Crippen LogP contribution < -0.4 is 4.74 Å². The molecule has 6 heteroatoms. The predicted molar refractivity (Wildman–Crippen MR) is 114 cm³/mol. The minimum atomic E-state index is -0.0869. The summed E-state index contributed by atoms with van der Waals surface area (Å²) < 4.78 is 5.40. The first-order valence-corrected chi connectivity index (χ1v) is 10.1. The van der Waals surface area contributed by atoms with E-state index in [1.54, 1.807) is 12.0 Å². The Hall–Kier alpha value is -2.41. The summed E-state index contributed by atoms with van der Waals surface area (Å²) in [5, 5.41) is 9.45. The van der Waals surface area contributed by atoms with Crippen molar-refractivity contribution in [1.29, 1.82) is 0 Å². The second-order valence-electron chi connectivity index (χ2n) is 7.54. The van der Waals surface area contributed by atoms with E-state index >= 15 is 0 Å². The lowest BCUT2D eigenvalue weighted by atomic mass is 10.1. The van der Waals surface area contributed by atoms with Crippen molar-refractivity contribution in [3.63, 3.8) is 0 Å². The Labute approximate surface area is 173 Å². The molecule has 0 spiro atoms. The lowest BCUT2D eigenvalue weighted by molar-refractivity contribution is 0.0706. The maximum atomic E-state index is 13.0. The van der Waals surface area contributed by atoms with Gasteiger partial charge in [-0.25, -0.2) is 0 Å². The highest BCUT2D eigenvalue weighted by atomic mass is 16.5. The second kappa shape index (κ2) is 10.4. The average molecular weight is 398 g/mol. The number of amides is 1. The number of benzene rings is 2. The second-order valence-corrected chi connectivity index (χ2v) is 7.54. The van der Waals surface area contributed by atoms with Gasteiger partial charge in [0.1, 0.15) is 5.75 Å². The van der Waals surface area contributed by atoms with Crippen LogP contribution in [0.4, 0.5) is 0 Å². The van der Waals surface area contributed by atoms with Crippen LogP contribution >= 0.6 is 0 Å². The molecule has 1 N–H and O–H groups in total. The number of piperazine rings is 1. The maximum Gasteiger partial charge on any atom is 0.254 e. The molecule has 0 atom stereocenters. The molecular formula is C23H31N3O3. The lowest BCUT2D eigenvalue weighted by Crippen LogP contribution is -2.43. The van der Waals surface area contributed by atoms with Crippen molar-refractivity contribution in [2.45, 2.75) is 13.1 Å². The fraction of sp³-hybridized carbons (Fsp3) is 0.435. The molecule has 6 nitrogen and oxygen atoms in total. The van der Waals surface area contributed by atoms with Crippen LogP contribution in [0.1, 0.15) is 21.5 Å². The minimum Gasteiger partial charge on any atom is -0.496 e. The number of methoxy groups -OCH3 is 1. The van der Waals surface area contributed by atoms with Crippen LogP contribution in [-0.4, -0.2) is 79.2 Å². The van der Waals surface area contributed by atoms with Gasteiger partial charge in [-0.15, -0.1) is 0 Å². The van der Waals surface area contributed by atoms with Gasteiger partial charge >= 0.3 is 0 Å². The van der Waals surface area contributed by atoms with Gasteiger partial charge in [0.05, 0.1) is 13.7 Å². The number of aliphatic hydroxyl groups is 1. The van der Waals surface area contributed by atoms with Gasteiger partial charge in [-0.1, -0.05) is 30.3 Å². The standard InChI is InChI=1S/C23H31N3O3/c1-24-11-13-25(14-12-24)17-19-7-9-20(10-8-19)23(28)26(15-16-27)18-21-5-3-4-6-22(21)29-2/h3-10,27H,11-18H2,1-2H3. The smallest absolute Gasteiger partial charge is 0.254 e. The number of carbonyl (C=O) groups is 1. The molecule has 1 heterocycles. The summed E-state index contributed by atoms with van der Waals surface area (Å²) in [6, 6.07) is 15.5. The molecule has 0 aliphatic carbocycles. The molecule has 2 aromatic rings. The Balaban J connectivity index is 1.66. The average Bonchev–Trinajstić information content (AvgIpc) is 2.75. The summed E-state index contributed by atoms with van der Waals surface area (Å²) in [4.78, 5) is 19.5. The van der Waals surface area contributed by atoms with E-state index in [2.05, 4.69) is 16.8 Å². The molecule has 1 aliphatic rings. The summed E-state index contributed by atoms with van der Waals surface area (Å²) >= 11 is 0. The maximum absolute atomic E-state index is 13.0. The van der Waals surface area contributed by atoms with E-state index < -0.39 is 0 Å². The molecule has 1 amide bonds. The monoisotopic (exact) mass is 397 g/mol. The molecule has 3 rings (SSSR count). The number of aliphatic hydroxyl groups excluding tert-OH is 1. The van der Waals surface area contributed by atoms with E-state index in [1.165, 1.54) is 5.56 Å². The van der Waals surface area contributed by atoms with Crippen LogP contribution in [0.15, 0.2) is 48.5 Å². The SMILES string of the molecule is COc1ccccc1CN(CCO)C(=O)c1ccc(CN2CCN(C)CC2)cc1. The van der Waals surface area contributed by atoms with Crippen molar-refractivity contribution in [3.8, 4) is 5.75 Å². The lowest BCUT2D eigenvalue weighted by Gasteiger charge is -2.32. The van der Waals surface area contributed by atoms with E-state index in [4.69, 9.17) is 4.74 Å². The molecule has 1 saturated heterocycles. The molecular weight excluding hydrogens is 366 g/mol. The van der Waals surface area contributed by atoms with E-state index in [9.17, 15) is 9.90 Å². The van der Waals surface area contributed by atoms with E-state index in [-0.39, 0.29) is 19.1 Å². The number of ether oxygens (including phenoxy) is 1. The summed E-state index contributed by atoms with van der Waals surface area (Å²) in [5.41, 5.74) is 2.77. The zero-order valence-electron chi connectivity index (χ0n) is 17.4. The van der Waals surface area contributed by atoms with E-state index in [0.29, 0.717) is 12.1 Å². The Bertz CT molecular complexity index is 786. The highest BCUT2D eigenvalue weighted by molar-refractivity contribution is 5.94. The van der Waals surface area contributed by atoms with Crippen LogP contribution in [0.5, 0.6) is 5.75 Å². The number of para-hydroxylation sites is 1. The van der Waals surface area contributed by atoms with Gasteiger partial charge in [-0.3, -0.25) is 9.69 Å². The van der Waals surface area contributed by atoms with Crippen LogP contribution in [0.2, 0.25) is 0 Å². The fourth-order valence-electron chi connectivity index (χ4n) is 3.61. The number of carbonyl (C=O) groups excluding carboxylic acids is 1. The number of hydrogen-bond donors (Lipinski definition) is 1. The number of nitrogens with zero attached hydrogens (tertiary/aromatic N) is 3. The minimum absolute atomic E-state index is 0.0810. The normalized spacial score (nSPS) is 15.3. The molecule has 0 saturated carbocycles. The van der Waals surface area contributed by atoms with Crippen molar-refractivity contribution >= 4 is 5.91 Å². The van der Waals surface area contributed by atoms with Gasteiger partial charge in [-0.05, 0) is 30.8 Å². The molecule has 0 aromatic heterocycles. The zero-order valence-corrected chi connectivity index (χ0v) is 17.4. The Morgan fingerprint density at radius 3 is 2.41 bits per heavy atom. The highest BCUT2D eigenvalue weighted by Gasteiger charge is 2.18. The third-order valence-electron chi connectivity index (χ3n) is 5.41. The molecule has 2 aromatic carbocycles. The van der Waals surface area contributed by atoms with Crippen molar-refractivity contribution in [2.24, 2.45) is 0 Å². The van der Waals surface area contributed by atoms with E-state index in [1.807, 2.05) is 48.5 Å².